The number of amides is 2. The maximum Gasteiger partial charge on any atom is 0.247 e. The number of aryl methyl sites for hydroxylation is 2. The molecule has 0 saturated carbocycles. The van der Waals surface area contributed by atoms with Crippen molar-refractivity contribution in [1.82, 2.24) is 5.32 Å². The van der Waals surface area contributed by atoms with Crippen LogP contribution in [0.3, 0.4) is 0 Å². The van der Waals surface area contributed by atoms with Crippen LogP contribution in [0.25, 0.3) is 0 Å². The number of benzene rings is 1. The van der Waals surface area contributed by atoms with Crippen molar-refractivity contribution in [3.63, 3.8) is 0 Å². The monoisotopic (exact) mass is 264 g/mol. The first-order valence-electron chi connectivity index (χ1n) is 5.81. The summed E-state index contributed by atoms with van der Waals surface area (Å²) in [5.74, 6) is 0.838. The van der Waals surface area contributed by atoms with Gasteiger partial charge in [0.15, 0.2) is 0 Å². The lowest BCUT2D eigenvalue weighted by atomic mass is 10.1. The Labute approximate surface area is 111 Å². The van der Waals surface area contributed by atoms with E-state index in [0.717, 1.165) is 16.8 Å². The Balaban J connectivity index is 2.04. The van der Waals surface area contributed by atoms with Crippen LogP contribution in [0.2, 0.25) is 0 Å². The number of anilines is 1. The molecule has 2 amide bonds. The first kappa shape index (κ1) is 13.0. The predicted molar refractivity (Wildman–Crippen MR) is 73.8 cm³/mol. The van der Waals surface area contributed by atoms with E-state index in [2.05, 4.69) is 10.6 Å². The average molecular weight is 264 g/mol. The summed E-state index contributed by atoms with van der Waals surface area (Å²) in [6.07, 6.45) is 0. The van der Waals surface area contributed by atoms with Gasteiger partial charge in [-0.05, 0) is 25.5 Å². The highest BCUT2D eigenvalue weighted by molar-refractivity contribution is 8.00. The van der Waals surface area contributed by atoms with E-state index in [1.54, 1.807) is 0 Å². The number of hydrogen-bond acceptors (Lipinski definition) is 3. The Kier molecular flexibility index (Phi) is 3.91. The Morgan fingerprint density at radius 3 is 2.89 bits per heavy atom. The highest BCUT2D eigenvalue weighted by Crippen LogP contribution is 2.17. The molecule has 0 aliphatic carbocycles. The van der Waals surface area contributed by atoms with Crippen molar-refractivity contribution in [1.29, 1.82) is 0 Å². The normalized spacial score (nSPS) is 19.2. The first-order chi connectivity index (χ1) is 8.56. The molecule has 1 aromatic rings. The average Bonchev–Trinajstić information content (AvgIpc) is 2.32. The van der Waals surface area contributed by atoms with Gasteiger partial charge in [-0.15, -0.1) is 11.8 Å². The Morgan fingerprint density at radius 1 is 1.44 bits per heavy atom. The number of thioether (sulfide) groups is 1. The summed E-state index contributed by atoms with van der Waals surface area (Å²) in [6.45, 7) is 3.97. The summed E-state index contributed by atoms with van der Waals surface area (Å²) >= 11 is 1.48. The molecule has 0 spiro atoms. The van der Waals surface area contributed by atoms with Gasteiger partial charge in [-0.2, -0.15) is 0 Å². The fourth-order valence-electron chi connectivity index (χ4n) is 1.86. The zero-order chi connectivity index (χ0) is 13.1. The van der Waals surface area contributed by atoms with E-state index < -0.39 is 6.04 Å². The maximum absolute atomic E-state index is 12.0. The van der Waals surface area contributed by atoms with E-state index in [-0.39, 0.29) is 11.8 Å². The van der Waals surface area contributed by atoms with Crippen molar-refractivity contribution in [3.05, 3.63) is 29.3 Å². The molecule has 1 heterocycles. The lowest BCUT2D eigenvalue weighted by Crippen LogP contribution is -2.49. The minimum Gasteiger partial charge on any atom is -0.343 e. The third-order valence-corrected chi connectivity index (χ3v) is 3.84. The van der Waals surface area contributed by atoms with Crippen molar-refractivity contribution in [2.75, 3.05) is 16.8 Å². The third-order valence-electron chi connectivity index (χ3n) is 2.81. The van der Waals surface area contributed by atoms with Gasteiger partial charge in [-0.25, -0.2) is 0 Å². The Hall–Kier alpha value is -1.49. The third kappa shape index (κ3) is 3.04. The molecule has 18 heavy (non-hydrogen) atoms. The van der Waals surface area contributed by atoms with Crippen LogP contribution in [-0.4, -0.2) is 29.4 Å². The van der Waals surface area contributed by atoms with E-state index in [1.165, 1.54) is 11.8 Å². The Morgan fingerprint density at radius 2 is 2.22 bits per heavy atom. The summed E-state index contributed by atoms with van der Waals surface area (Å²) < 4.78 is 0. The van der Waals surface area contributed by atoms with E-state index in [4.69, 9.17) is 0 Å². The van der Waals surface area contributed by atoms with Crippen LogP contribution in [0.4, 0.5) is 5.69 Å². The molecule has 1 atom stereocenters. The fourth-order valence-corrected chi connectivity index (χ4v) is 2.72. The molecule has 96 valence electrons. The van der Waals surface area contributed by atoms with Crippen LogP contribution in [0.15, 0.2) is 18.2 Å². The first-order valence-corrected chi connectivity index (χ1v) is 6.97. The molecule has 4 nitrogen and oxygen atoms in total. The standard InChI is InChI=1S/C13H16N2O2S/c1-8-3-4-10(9(2)5-8)15-13(17)11-6-18-7-12(16)14-11/h3-5,11H,6-7H2,1-2H3,(H,14,16)(H,15,17). The number of carbonyl (C=O) groups is 2. The fraction of sp³-hybridized carbons (Fsp3) is 0.385. The van der Waals surface area contributed by atoms with Gasteiger partial charge in [0, 0.05) is 11.4 Å². The zero-order valence-corrected chi connectivity index (χ0v) is 11.3. The molecule has 1 unspecified atom stereocenters. The number of rotatable bonds is 2. The van der Waals surface area contributed by atoms with Gasteiger partial charge in [0.05, 0.1) is 5.75 Å². The van der Waals surface area contributed by atoms with Crippen molar-refractivity contribution < 1.29 is 9.59 Å². The molecule has 2 rings (SSSR count). The van der Waals surface area contributed by atoms with E-state index >= 15 is 0 Å². The Bertz CT molecular complexity index is 488. The molecular formula is C13H16N2O2S. The topological polar surface area (TPSA) is 58.2 Å². The van der Waals surface area contributed by atoms with Gasteiger partial charge < -0.3 is 10.6 Å². The molecule has 1 aliphatic rings. The number of hydrogen-bond donors (Lipinski definition) is 2. The number of carbonyl (C=O) groups excluding carboxylic acids is 2. The molecule has 1 aliphatic heterocycles. The minimum atomic E-state index is -0.433. The summed E-state index contributed by atoms with van der Waals surface area (Å²) in [7, 11) is 0. The van der Waals surface area contributed by atoms with Crippen molar-refractivity contribution >= 4 is 29.3 Å². The second-order valence-corrected chi connectivity index (χ2v) is 5.47. The van der Waals surface area contributed by atoms with Crippen molar-refractivity contribution in [2.24, 2.45) is 0 Å². The smallest absolute Gasteiger partial charge is 0.247 e. The van der Waals surface area contributed by atoms with E-state index in [9.17, 15) is 9.59 Å². The second kappa shape index (κ2) is 5.44. The molecule has 0 bridgehead atoms. The van der Waals surface area contributed by atoms with Gasteiger partial charge in [0.25, 0.3) is 0 Å². The largest absolute Gasteiger partial charge is 0.343 e. The SMILES string of the molecule is Cc1ccc(NC(=O)C2CSCC(=O)N2)c(C)c1. The van der Waals surface area contributed by atoms with Crippen LogP contribution < -0.4 is 10.6 Å². The van der Waals surface area contributed by atoms with Gasteiger partial charge in [0.1, 0.15) is 6.04 Å². The molecule has 1 saturated heterocycles. The van der Waals surface area contributed by atoms with Crippen LogP contribution in [-0.2, 0) is 9.59 Å². The van der Waals surface area contributed by atoms with Crippen LogP contribution in [0.1, 0.15) is 11.1 Å². The quantitative estimate of drug-likeness (QED) is 0.850. The van der Waals surface area contributed by atoms with Gasteiger partial charge in [-0.1, -0.05) is 17.7 Å². The second-order valence-electron chi connectivity index (χ2n) is 4.44. The molecular weight excluding hydrogens is 248 g/mol. The number of nitrogens with one attached hydrogen (secondary N) is 2. The van der Waals surface area contributed by atoms with Crippen LogP contribution >= 0.6 is 11.8 Å². The zero-order valence-electron chi connectivity index (χ0n) is 10.4. The van der Waals surface area contributed by atoms with Gasteiger partial charge in [-0.3, -0.25) is 9.59 Å². The van der Waals surface area contributed by atoms with Gasteiger partial charge in [0.2, 0.25) is 11.8 Å². The lowest BCUT2D eigenvalue weighted by Gasteiger charge is -2.22. The highest BCUT2D eigenvalue weighted by atomic mass is 32.2. The molecule has 2 N–H and O–H groups in total. The molecule has 0 aromatic heterocycles. The molecule has 1 aromatic carbocycles. The molecule has 1 fully saturated rings. The van der Waals surface area contributed by atoms with E-state index in [0.29, 0.717) is 11.5 Å². The lowest BCUT2D eigenvalue weighted by molar-refractivity contribution is -0.124. The van der Waals surface area contributed by atoms with Crippen LogP contribution in [0.5, 0.6) is 0 Å². The maximum atomic E-state index is 12.0. The molecule has 0 radical (unpaired) electrons. The van der Waals surface area contributed by atoms with Gasteiger partial charge >= 0.3 is 0 Å². The van der Waals surface area contributed by atoms with E-state index in [1.807, 2.05) is 32.0 Å². The van der Waals surface area contributed by atoms with Crippen molar-refractivity contribution in [3.8, 4) is 0 Å². The summed E-state index contributed by atoms with van der Waals surface area (Å²) in [6, 6.07) is 5.43. The van der Waals surface area contributed by atoms with Crippen molar-refractivity contribution in [2.45, 2.75) is 19.9 Å². The summed E-state index contributed by atoms with van der Waals surface area (Å²) in [5, 5.41) is 5.56. The predicted octanol–water partition coefficient (Wildman–Crippen LogP) is 1.47. The minimum absolute atomic E-state index is 0.0768. The highest BCUT2D eigenvalue weighted by Gasteiger charge is 2.25. The summed E-state index contributed by atoms with van der Waals surface area (Å²) in [5.41, 5.74) is 2.99. The summed E-state index contributed by atoms with van der Waals surface area (Å²) in [4.78, 5) is 23.2. The van der Waals surface area contributed by atoms with Crippen LogP contribution in [0, 0.1) is 13.8 Å². The molecule has 5 heteroatoms.